The van der Waals surface area contributed by atoms with E-state index in [1.165, 1.54) is 9.80 Å². The van der Waals surface area contributed by atoms with Crippen LogP contribution in [0.2, 0.25) is 0 Å². The van der Waals surface area contributed by atoms with Crippen molar-refractivity contribution in [3.05, 3.63) is 57.2 Å². The van der Waals surface area contributed by atoms with Gasteiger partial charge in [0.25, 0.3) is 5.91 Å². The normalized spacial score (nSPS) is 15.5. The third-order valence-electron chi connectivity index (χ3n) is 5.32. The van der Waals surface area contributed by atoms with Crippen molar-refractivity contribution in [1.82, 2.24) is 9.80 Å². The van der Waals surface area contributed by atoms with Crippen LogP contribution in [0.15, 0.2) is 40.5 Å². The fraction of sp³-hybridized carbons (Fsp3) is 0.360. The molecule has 0 atom stereocenters. The number of carbonyl (C=O) groups excluding carboxylic acids is 2. The van der Waals surface area contributed by atoms with E-state index in [1.807, 2.05) is 51.1 Å². The predicted octanol–water partition coefficient (Wildman–Crippen LogP) is 4.40. The van der Waals surface area contributed by atoms with Gasteiger partial charge in [0.05, 0.1) is 26.9 Å². The van der Waals surface area contributed by atoms with Crippen molar-refractivity contribution in [2.75, 3.05) is 27.8 Å². The van der Waals surface area contributed by atoms with Gasteiger partial charge in [-0.1, -0.05) is 12.1 Å². The number of likely N-dealkylation sites (N-methyl/N-ethyl adjacent to an activating group) is 1. The first-order chi connectivity index (χ1) is 15.7. The molecule has 8 heteroatoms. The second-order valence-electron chi connectivity index (χ2n) is 8.12. The third kappa shape index (κ3) is 5.33. The lowest BCUT2D eigenvalue weighted by Crippen LogP contribution is -2.50. The van der Waals surface area contributed by atoms with Crippen molar-refractivity contribution in [2.45, 2.75) is 33.4 Å². The monoisotopic (exact) mass is 516 g/mol. The second-order valence-corrected chi connectivity index (χ2v) is 8.91. The third-order valence-corrected chi connectivity index (χ3v) is 6.38. The van der Waals surface area contributed by atoms with E-state index < -0.39 is 0 Å². The molecule has 1 aliphatic heterocycles. The average Bonchev–Trinajstić information content (AvgIpc) is 2.78. The van der Waals surface area contributed by atoms with Gasteiger partial charge in [0, 0.05) is 17.1 Å². The molecule has 0 spiro atoms. The van der Waals surface area contributed by atoms with E-state index in [-0.39, 0.29) is 31.0 Å². The Kier molecular flexibility index (Phi) is 7.68. The number of piperazine rings is 1. The summed E-state index contributed by atoms with van der Waals surface area (Å²) in [6.45, 7) is 6.08. The minimum atomic E-state index is -0.227. The van der Waals surface area contributed by atoms with E-state index in [9.17, 15) is 9.59 Å². The Morgan fingerprint density at radius 3 is 2.36 bits per heavy atom. The molecule has 1 aliphatic rings. The SMILES string of the molecule is COc1ccc(CN2C(=O)CN(C)C(=O)/C2=C/c2cc(OC(C)C)c(OC)c(C)c2Br)cc1. The number of hydrogen-bond acceptors (Lipinski definition) is 5. The number of nitrogens with zero attached hydrogens (tertiary/aromatic N) is 2. The number of rotatable bonds is 7. The van der Waals surface area contributed by atoms with Crippen molar-refractivity contribution >= 4 is 33.8 Å². The summed E-state index contributed by atoms with van der Waals surface area (Å²) in [7, 11) is 4.82. The number of hydrogen-bond donors (Lipinski definition) is 0. The zero-order valence-electron chi connectivity index (χ0n) is 19.8. The summed E-state index contributed by atoms with van der Waals surface area (Å²) in [5, 5.41) is 0. The molecular weight excluding hydrogens is 488 g/mol. The molecule has 7 nitrogen and oxygen atoms in total. The molecule has 2 aromatic rings. The van der Waals surface area contributed by atoms with E-state index in [0.29, 0.717) is 17.2 Å². The maximum Gasteiger partial charge on any atom is 0.270 e. The van der Waals surface area contributed by atoms with Gasteiger partial charge in [-0.3, -0.25) is 9.59 Å². The first-order valence-electron chi connectivity index (χ1n) is 10.6. The van der Waals surface area contributed by atoms with Gasteiger partial charge in [-0.2, -0.15) is 0 Å². The molecule has 2 aromatic carbocycles. The van der Waals surface area contributed by atoms with Crippen LogP contribution in [0.4, 0.5) is 0 Å². The van der Waals surface area contributed by atoms with Crippen LogP contribution in [0.5, 0.6) is 17.2 Å². The minimum Gasteiger partial charge on any atom is -0.497 e. The maximum absolute atomic E-state index is 13.1. The first-order valence-corrected chi connectivity index (χ1v) is 11.4. The highest BCUT2D eigenvalue weighted by Crippen LogP contribution is 2.40. The largest absolute Gasteiger partial charge is 0.497 e. The summed E-state index contributed by atoms with van der Waals surface area (Å²) >= 11 is 3.63. The molecule has 1 heterocycles. The lowest BCUT2D eigenvalue weighted by atomic mass is 10.1. The van der Waals surface area contributed by atoms with Crippen LogP contribution in [-0.4, -0.2) is 55.5 Å². The zero-order chi connectivity index (χ0) is 24.3. The highest BCUT2D eigenvalue weighted by atomic mass is 79.9. The maximum atomic E-state index is 13.1. The van der Waals surface area contributed by atoms with E-state index in [2.05, 4.69) is 15.9 Å². The highest BCUT2D eigenvalue weighted by molar-refractivity contribution is 9.10. The first kappa shape index (κ1) is 24.6. The Labute approximate surface area is 203 Å². The smallest absolute Gasteiger partial charge is 0.270 e. The van der Waals surface area contributed by atoms with Gasteiger partial charge in [-0.25, -0.2) is 0 Å². The molecule has 0 aliphatic carbocycles. The molecule has 0 aromatic heterocycles. The van der Waals surface area contributed by atoms with Crippen LogP contribution >= 0.6 is 15.9 Å². The molecule has 1 saturated heterocycles. The molecule has 0 radical (unpaired) electrons. The van der Waals surface area contributed by atoms with Crippen molar-refractivity contribution in [2.24, 2.45) is 0 Å². The number of ether oxygens (including phenoxy) is 3. The van der Waals surface area contributed by atoms with E-state index >= 15 is 0 Å². The lowest BCUT2D eigenvalue weighted by molar-refractivity contribution is -0.144. The quantitative estimate of drug-likeness (QED) is 0.510. The van der Waals surface area contributed by atoms with Crippen LogP contribution in [0.25, 0.3) is 6.08 Å². The summed E-state index contributed by atoms with van der Waals surface area (Å²) in [4.78, 5) is 29.0. The van der Waals surface area contributed by atoms with Crippen molar-refractivity contribution in [1.29, 1.82) is 0 Å². The Hall–Kier alpha value is -3.00. The van der Waals surface area contributed by atoms with Crippen LogP contribution in [0.1, 0.15) is 30.5 Å². The molecule has 1 fully saturated rings. The van der Waals surface area contributed by atoms with E-state index in [0.717, 1.165) is 26.9 Å². The highest BCUT2D eigenvalue weighted by Gasteiger charge is 2.33. The van der Waals surface area contributed by atoms with Crippen molar-refractivity contribution in [3.63, 3.8) is 0 Å². The van der Waals surface area contributed by atoms with Crippen molar-refractivity contribution < 1.29 is 23.8 Å². The summed E-state index contributed by atoms with van der Waals surface area (Å²) in [5.74, 6) is 1.54. The van der Waals surface area contributed by atoms with Gasteiger partial charge in [0.15, 0.2) is 11.5 Å². The number of halogens is 1. The Morgan fingerprint density at radius 2 is 1.79 bits per heavy atom. The molecular formula is C25H29BrN2O5. The zero-order valence-corrected chi connectivity index (χ0v) is 21.4. The Bertz CT molecular complexity index is 1080. The van der Waals surface area contributed by atoms with E-state index in [4.69, 9.17) is 14.2 Å². The molecule has 0 bridgehead atoms. The topological polar surface area (TPSA) is 68.3 Å². The number of carbonyl (C=O) groups is 2. The predicted molar refractivity (Wildman–Crippen MR) is 130 cm³/mol. The number of methoxy groups -OCH3 is 2. The van der Waals surface area contributed by atoms with Crippen LogP contribution in [0.3, 0.4) is 0 Å². The number of benzene rings is 2. The molecule has 0 N–H and O–H groups in total. The summed E-state index contributed by atoms with van der Waals surface area (Å²) in [5.41, 5.74) is 2.74. The van der Waals surface area contributed by atoms with Crippen LogP contribution in [0, 0.1) is 6.92 Å². The Morgan fingerprint density at radius 1 is 1.12 bits per heavy atom. The Balaban J connectivity index is 2.08. The molecule has 33 heavy (non-hydrogen) atoms. The van der Waals surface area contributed by atoms with Gasteiger partial charge in [-0.05, 0) is 72.1 Å². The van der Waals surface area contributed by atoms with Gasteiger partial charge >= 0.3 is 0 Å². The van der Waals surface area contributed by atoms with Gasteiger partial charge in [0.1, 0.15) is 18.0 Å². The van der Waals surface area contributed by atoms with Gasteiger partial charge in [0.2, 0.25) is 5.91 Å². The fourth-order valence-corrected chi connectivity index (χ4v) is 4.06. The average molecular weight is 517 g/mol. The van der Waals surface area contributed by atoms with Crippen LogP contribution < -0.4 is 14.2 Å². The molecule has 176 valence electrons. The van der Waals surface area contributed by atoms with Gasteiger partial charge in [-0.15, -0.1) is 0 Å². The minimum absolute atomic E-state index is 0.0247. The van der Waals surface area contributed by atoms with E-state index in [1.54, 1.807) is 27.3 Å². The fourth-order valence-electron chi connectivity index (χ4n) is 3.65. The molecule has 0 unspecified atom stereocenters. The lowest BCUT2D eigenvalue weighted by Gasteiger charge is -2.34. The standard InChI is InChI=1S/C25H29BrN2O5/c1-15(2)33-21-12-18(23(26)16(3)24(21)32-6)11-20-25(30)27(4)14-22(29)28(20)13-17-7-9-19(31-5)10-8-17/h7-12,15H,13-14H2,1-6H3/b20-11-. The number of amides is 2. The van der Waals surface area contributed by atoms with Gasteiger partial charge < -0.3 is 24.0 Å². The summed E-state index contributed by atoms with van der Waals surface area (Å²) in [6.07, 6.45) is 1.67. The molecule has 2 amide bonds. The van der Waals surface area contributed by atoms with Crippen LogP contribution in [-0.2, 0) is 16.1 Å². The molecule has 3 rings (SSSR count). The second kappa shape index (κ2) is 10.3. The summed E-state index contributed by atoms with van der Waals surface area (Å²) < 4.78 is 17.5. The summed E-state index contributed by atoms with van der Waals surface area (Å²) in [6, 6.07) is 9.25. The van der Waals surface area contributed by atoms with Crippen molar-refractivity contribution in [3.8, 4) is 17.2 Å². The molecule has 0 saturated carbocycles.